The molecule has 8 heteroatoms. The average Bonchev–Trinajstić information content (AvgIpc) is 3.10. The van der Waals surface area contributed by atoms with E-state index in [9.17, 15) is 9.90 Å². The zero-order valence-electron chi connectivity index (χ0n) is 14.9. The summed E-state index contributed by atoms with van der Waals surface area (Å²) in [5.74, 6) is 0.214. The molecule has 1 aliphatic rings. The molecule has 3 rings (SSSR count). The SMILES string of the molecule is CC(O)C(=N)SC(=N)CC1CC(NC(=O)c2cc(-c3ccccc3)no2)C1. The van der Waals surface area contributed by atoms with Gasteiger partial charge in [0.05, 0.1) is 16.2 Å². The van der Waals surface area contributed by atoms with Crippen LogP contribution in [0.1, 0.15) is 36.7 Å². The van der Waals surface area contributed by atoms with Crippen LogP contribution in [0.25, 0.3) is 11.3 Å². The van der Waals surface area contributed by atoms with E-state index in [2.05, 4.69) is 10.5 Å². The Labute approximate surface area is 161 Å². The van der Waals surface area contributed by atoms with Crippen molar-refractivity contribution in [1.29, 1.82) is 10.8 Å². The lowest BCUT2D eigenvalue weighted by Gasteiger charge is -2.35. The number of aliphatic hydroxyl groups is 1. The van der Waals surface area contributed by atoms with E-state index in [0.717, 1.165) is 30.2 Å². The molecule has 0 saturated heterocycles. The monoisotopic (exact) mass is 386 g/mol. The molecule has 1 heterocycles. The standard InChI is InChI=1S/C19H22N4O3S/c1-11(24)18(21)27-17(20)9-12-7-14(8-12)22-19(25)16-10-15(23-26-16)13-5-3-2-4-6-13/h2-6,10-12,14,20-21,24H,7-9H2,1H3,(H,22,25). The molecule has 0 bridgehead atoms. The van der Waals surface area contributed by atoms with Crippen LogP contribution in [-0.4, -0.2) is 38.4 Å². The zero-order chi connectivity index (χ0) is 19.4. The first kappa shape index (κ1) is 19.3. The highest BCUT2D eigenvalue weighted by atomic mass is 32.2. The predicted molar refractivity (Wildman–Crippen MR) is 105 cm³/mol. The lowest BCUT2D eigenvalue weighted by atomic mass is 9.78. The van der Waals surface area contributed by atoms with Gasteiger partial charge in [-0.1, -0.05) is 47.3 Å². The fourth-order valence-electron chi connectivity index (χ4n) is 2.93. The normalized spacial score (nSPS) is 19.8. The van der Waals surface area contributed by atoms with Gasteiger partial charge in [-0.15, -0.1) is 0 Å². The molecule has 2 aromatic rings. The van der Waals surface area contributed by atoms with Gasteiger partial charge in [-0.3, -0.25) is 15.6 Å². The number of hydrogen-bond donors (Lipinski definition) is 4. The van der Waals surface area contributed by atoms with Crippen molar-refractivity contribution in [2.24, 2.45) is 5.92 Å². The summed E-state index contributed by atoms with van der Waals surface area (Å²) in [5, 5.41) is 32.1. The van der Waals surface area contributed by atoms with Crippen LogP contribution in [0.2, 0.25) is 0 Å². The van der Waals surface area contributed by atoms with Gasteiger partial charge in [0.25, 0.3) is 5.91 Å². The molecule has 142 valence electrons. The summed E-state index contributed by atoms with van der Waals surface area (Å²) < 4.78 is 5.16. The number of thioether (sulfide) groups is 1. The van der Waals surface area contributed by atoms with Crippen molar-refractivity contribution in [2.45, 2.75) is 38.3 Å². The molecule has 27 heavy (non-hydrogen) atoms. The van der Waals surface area contributed by atoms with Gasteiger partial charge in [-0.2, -0.15) is 0 Å². The van der Waals surface area contributed by atoms with Crippen LogP contribution >= 0.6 is 11.8 Å². The molecule has 0 aliphatic heterocycles. The maximum Gasteiger partial charge on any atom is 0.290 e. The number of aliphatic hydroxyl groups excluding tert-OH is 1. The second-order valence-corrected chi connectivity index (χ2v) is 7.86. The number of carbonyl (C=O) groups is 1. The smallest absolute Gasteiger partial charge is 0.290 e. The molecule has 1 unspecified atom stereocenters. The Hall–Kier alpha value is -2.45. The average molecular weight is 386 g/mol. The van der Waals surface area contributed by atoms with E-state index in [-0.39, 0.29) is 22.8 Å². The number of nitrogens with one attached hydrogen (secondary N) is 3. The second kappa shape index (κ2) is 8.49. The minimum atomic E-state index is -0.841. The van der Waals surface area contributed by atoms with Gasteiger partial charge in [0, 0.05) is 17.7 Å². The Balaban J connectivity index is 1.44. The maximum absolute atomic E-state index is 12.3. The summed E-state index contributed by atoms with van der Waals surface area (Å²) in [5.41, 5.74) is 1.51. The third-order valence-electron chi connectivity index (χ3n) is 4.46. The summed E-state index contributed by atoms with van der Waals surface area (Å²) in [6.07, 6.45) is 1.30. The molecule has 1 fully saturated rings. The Kier molecular flexibility index (Phi) is 6.08. The third kappa shape index (κ3) is 5.05. The number of hydrogen-bond acceptors (Lipinski definition) is 7. The van der Waals surface area contributed by atoms with Gasteiger partial charge in [-0.05, 0) is 32.1 Å². The lowest BCUT2D eigenvalue weighted by molar-refractivity contribution is 0.0855. The van der Waals surface area contributed by atoms with Crippen molar-refractivity contribution in [2.75, 3.05) is 0 Å². The topological polar surface area (TPSA) is 123 Å². The van der Waals surface area contributed by atoms with Crippen LogP contribution in [0.5, 0.6) is 0 Å². The summed E-state index contributed by atoms with van der Waals surface area (Å²) in [6.45, 7) is 1.52. The summed E-state index contributed by atoms with van der Waals surface area (Å²) in [6, 6.07) is 11.2. The molecule has 1 aromatic carbocycles. The third-order valence-corrected chi connectivity index (χ3v) is 5.44. The fourth-order valence-corrected chi connectivity index (χ4v) is 3.68. The largest absolute Gasteiger partial charge is 0.387 e. The molecular weight excluding hydrogens is 364 g/mol. The summed E-state index contributed by atoms with van der Waals surface area (Å²) >= 11 is 1.00. The van der Waals surface area contributed by atoms with E-state index < -0.39 is 6.10 Å². The summed E-state index contributed by atoms with van der Waals surface area (Å²) in [4.78, 5) is 12.3. The van der Waals surface area contributed by atoms with E-state index in [4.69, 9.17) is 15.3 Å². The van der Waals surface area contributed by atoms with E-state index in [1.54, 1.807) is 6.07 Å². The highest BCUT2D eigenvalue weighted by molar-refractivity contribution is 8.26. The van der Waals surface area contributed by atoms with E-state index in [1.807, 2.05) is 30.3 Å². The molecule has 0 radical (unpaired) electrons. The molecule has 1 saturated carbocycles. The number of rotatable bonds is 6. The highest BCUT2D eigenvalue weighted by Gasteiger charge is 2.32. The van der Waals surface area contributed by atoms with Crippen molar-refractivity contribution in [3.8, 4) is 11.3 Å². The quantitative estimate of drug-likeness (QED) is 0.448. The molecular formula is C19H22N4O3S. The van der Waals surface area contributed by atoms with E-state index >= 15 is 0 Å². The van der Waals surface area contributed by atoms with Crippen molar-refractivity contribution in [3.63, 3.8) is 0 Å². The number of carbonyl (C=O) groups excluding carboxylic acids is 1. The minimum absolute atomic E-state index is 0.0572. The highest BCUT2D eigenvalue weighted by Crippen LogP contribution is 2.32. The molecule has 7 nitrogen and oxygen atoms in total. The minimum Gasteiger partial charge on any atom is -0.387 e. The van der Waals surface area contributed by atoms with Crippen molar-refractivity contribution in [1.82, 2.24) is 10.5 Å². The lowest BCUT2D eigenvalue weighted by Crippen LogP contribution is -2.44. The molecule has 1 atom stereocenters. The molecule has 1 aromatic heterocycles. The summed E-state index contributed by atoms with van der Waals surface area (Å²) in [7, 11) is 0. The van der Waals surface area contributed by atoms with Gasteiger partial charge >= 0.3 is 0 Å². The van der Waals surface area contributed by atoms with Gasteiger partial charge in [-0.25, -0.2) is 0 Å². The number of nitrogens with zero attached hydrogens (tertiary/aromatic N) is 1. The second-order valence-electron chi connectivity index (χ2n) is 6.72. The van der Waals surface area contributed by atoms with Crippen LogP contribution in [0, 0.1) is 16.7 Å². The fraction of sp³-hybridized carbons (Fsp3) is 0.368. The Morgan fingerprint density at radius 3 is 2.74 bits per heavy atom. The Bertz CT molecular complexity index is 828. The van der Waals surface area contributed by atoms with Crippen LogP contribution in [0.4, 0.5) is 0 Å². The van der Waals surface area contributed by atoms with Gasteiger partial charge in [0.1, 0.15) is 5.69 Å². The number of aromatic nitrogens is 1. The number of amides is 1. The molecule has 0 spiro atoms. The van der Waals surface area contributed by atoms with Crippen molar-refractivity contribution >= 4 is 27.8 Å². The van der Waals surface area contributed by atoms with Gasteiger partial charge < -0.3 is 14.9 Å². The molecule has 4 N–H and O–H groups in total. The van der Waals surface area contributed by atoms with Crippen LogP contribution in [0.15, 0.2) is 40.9 Å². The predicted octanol–water partition coefficient (Wildman–Crippen LogP) is 3.31. The number of benzene rings is 1. The van der Waals surface area contributed by atoms with Crippen molar-refractivity contribution in [3.05, 3.63) is 42.2 Å². The first-order valence-electron chi connectivity index (χ1n) is 8.77. The Morgan fingerprint density at radius 2 is 2.07 bits per heavy atom. The van der Waals surface area contributed by atoms with E-state index in [0.29, 0.717) is 23.1 Å². The first-order chi connectivity index (χ1) is 12.9. The van der Waals surface area contributed by atoms with Gasteiger partial charge in [0.2, 0.25) is 5.76 Å². The molecule has 1 aliphatic carbocycles. The van der Waals surface area contributed by atoms with Crippen molar-refractivity contribution < 1.29 is 14.4 Å². The first-order valence-corrected chi connectivity index (χ1v) is 9.58. The Morgan fingerprint density at radius 1 is 1.37 bits per heavy atom. The molecule has 1 amide bonds. The zero-order valence-corrected chi connectivity index (χ0v) is 15.8. The van der Waals surface area contributed by atoms with Crippen LogP contribution < -0.4 is 5.32 Å². The maximum atomic E-state index is 12.3. The van der Waals surface area contributed by atoms with Crippen LogP contribution in [0.3, 0.4) is 0 Å². The van der Waals surface area contributed by atoms with Gasteiger partial charge in [0.15, 0.2) is 0 Å². The van der Waals surface area contributed by atoms with Crippen LogP contribution in [-0.2, 0) is 0 Å². The van der Waals surface area contributed by atoms with E-state index in [1.165, 1.54) is 6.92 Å².